The molecule has 2 rings (SSSR count). The molecular weight excluding hydrogens is 352 g/mol. The fourth-order valence-electron chi connectivity index (χ4n) is 2.42. The molecule has 0 bridgehead atoms. The van der Waals surface area contributed by atoms with Gasteiger partial charge in [0.05, 0.1) is 18.5 Å². The highest BCUT2D eigenvalue weighted by atomic mass is 32.2. The molecule has 0 aliphatic heterocycles. The number of rotatable bonds is 9. The summed E-state index contributed by atoms with van der Waals surface area (Å²) in [5.41, 5.74) is 1.75. The van der Waals surface area contributed by atoms with Crippen molar-refractivity contribution in [1.29, 1.82) is 0 Å². The summed E-state index contributed by atoms with van der Waals surface area (Å²) in [6, 6.07) is 9.17. The van der Waals surface area contributed by atoms with Crippen molar-refractivity contribution in [3.05, 3.63) is 60.2 Å². The molecule has 0 atom stereocenters. The van der Waals surface area contributed by atoms with Crippen molar-refractivity contribution in [3.63, 3.8) is 0 Å². The summed E-state index contributed by atoms with van der Waals surface area (Å²) in [4.78, 5) is 22.1. The van der Waals surface area contributed by atoms with Crippen LogP contribution in [0.1, 0.15) is 17.7 Å². The molecule has 2 heterocycles. The van der Waals surface area contributed by atoms with E-state index in [1.165, 1.54) is 4.31 Å². The molecule has 2 aromatic heterocycles. The van der Waals surface area contributed by atoms with Crippen LogP contribution in [0.15, 0.2) is 48.9 Å². The first-order valence-electron chi connectivity index (χ1n) is 8.34. The lowest BCUT2D eigenvalue weighted by atomic mass is 10.2. The Labute approximate surface area is 154 Å². The Balaban J connectivity index is 1.87. The zero-order valence-electron chi connectivity index (χ0n) is 15.1. The number of carbonyl (C=O) groups is 1. The summed E-state index contributed by atoms with van der Waals surface area (Å²) in [7, 11) is -1.69. The smallest absolute Gasteiger partial charge is 0.223 e. The number of amides is 1. The fourth-order valence-corrected chi connectivity index (χ4v) is 3.21. The zero-order valence-corrected chi connectivity index (χ0v) is 15.9. The molecule has 0 aliphatic carbocycles. The molecule has 140 valence electrons. The van der Waals surface area contributed by atoms with Crippen molar-refractivity contribution in [2.75, 3.05) is 26.4 Å². The summed E-state index contributed by atoms with van der Waals surface area (Å²) in [5.74, 6) is -0.0891. The molecule has 0 unspecified atom stereocenters. The molecule has 0 aromatic carbocycles. The Morgan fingerprint density at radius 3 is 2.42 bits per heavy atom. The largest absolute Gasteiger partial charge is 0.345 e. The van der Waals surface area contributed by atoms with Gasteiger partial charge in [0.2, 0.25) is 15.9 Å². The molecule has 0 N–H and O–H groups in total. The van der Waals surface area contributed by atoms with Gasteiger partial charge in [-0.25, -0.2) is 8.42 Å². The second-order valence-corrected chi connectivity index (χ2v) is 8.07. The SMILES string of the molecule is CN(CCc1ccncc1)C(=O)CCN(Cc1ccccn1)S(C)(=O)=O. The Hall–Kier alpha value is -2.32. The van der Waals surface area contributed by atoms with E-state index in [2.05, 4.69) is 9.97 Å². The van der Waals surface area contributed by atoms with E-state index in [4.69, 9.17) is 0 Å². The van der Waals surface area contributed by atoms with Gasteiger partial charge < -0.3 is 4.90 Å². The molecule has 26 heavy (non-hydrogen) atoms. The number of pyridine rings is 2. The Bertz CT molecular complexity index is 798. The van der Waals surface area contributed by atoms with Crippen LogP contribution in [0.3, 0.4) is 0 Å². The molecule has 0 spiro atoms. The van der Waals surface area contributed by atoms with Crippen molar-refractivity contribution in [2.45, 2.75) is 19.4 Å². The van der Waals surface area contributed by atoms with E-state index in [1.807, 2.05) is 12.1 Å². The minimum Gasteiger partial charge on any atom is -0.345 e. The monoisotopic (exact) mass is 376 g/mol. The van der Waals surface area contributed by atoms with Crippen LogP contribution in [-0.4, -0.2) is 59.9 Å². The molecule has 0 saturated heterocycles. The summed E-state index contributed by atoms with van der Waals surface area (Å²) >= 11 is 0. The standard InChI is InChI=1S/C18H24N4O3S/c1-21(13-8-16-6-11-19-12-7-16)18(23)9-14-22(26(2,24)25)15-17-5-3-4-10-20-17/h3-7,10-12H,8-9,13-15H2,1-2H3. The number of hydrogen-bond acceptors (Lipinski definition) is 5. The predicted molar refractivity (Wildman–Crippen MR) is 99.7 cm³/mol. The van der Waals surface area contributed by atoms with Crippen LogP contribution in [-0.2, 0) is 27.8 Å². The first kappa shape index (κ1) is 20.0. The second-order valence-electron chi connectivity index (χ2n) is 6.09. The van der Waals surface area contributed by atoms with Gasteiger partial charge in [-0.3, -0.25) is 14.8 Å². The lowest BCUT2D eigenvalue weighted by molar-refractivity contribution is -0.130. The van der Waals surface area contributed by atoms with Gasteiger partial charge in [0, 0.05) is 45.1 Å². The molecule has 0 radical (unpaired) electrons. The number of sulfonamides is 1. The van der Waals surface area contributed by atoms with Crippen molar-refractivity contribution in [2.24, 2.45) is 0 Å². The summed E-state index contributed by atoms with van der Waals surface area (Å²) in [5, 5.41) is 0. The molecule has 2 aromatic rings. The van der Waals surface area contributed by atoms with Crippen LogP contribution in [0, 0.1) is 0 Å². The minimum atomic E-state index is -3.42. The van der Waals surface area contributed by atoms with E-state index in [0.29, 0.717) is 12.2 Å². The molecule has 8 heteroatoms. The van der Waals surface area contributed by atoms with Crippen LogP contribution < -0.4 is 0 Å². The first-order chi connectivity index (χ1) is 12.4. The van der Waals surface area contributed by atoms with E-state index in [0.717, 1.165) is 18.2 Å². The summed E-state index contributed by atoms with van der Waals surface area (Å²) < 4.78 is 25.3. The van der Waals surface area contributed by atoms with Gasteiger partial charge in [-0.15, -0.1) is 0 Å². The van der Waals surface area contributed by atoms with Gasteiger partial charge >= 0.3 is 0 Å². The van der Waals surface area contributed by atoms with Gasteiger partial charge in [-0.2, -0.15) is 4.31 Å². The van der Waals surface area contributed by atoms with E-state index in [9.17, 15) is 13.2 Å². The van der Waals surface area contributed by atoms with E-state index < -0.39 is 10.0 Å². The second kappa shape index (κ2) is 9.40. The molecule has 0 saturated carbocycles. The highest BCUT2D eigenvalue weighted by Crippen LogP contribution is 2.08. The topological polar surface area (TPSA) is 83.5 Å². The lowest BCUT2D eigenvalue weighted by Crippen LogP contribution is -2.35. The molecule has 0 fully saturated rings. The van der Waals surface area contributed by atoms with Crippen molar-refractivity contribution < 1.29 is 13.2 Å². The number of nitrogens with zero attached hydrogens (tertiary/aromatic N) is 4. The average molecular weight is 376 g/mol. The van der Waals surface area contributed by atoms with Crippen LogP contribution in [0.5, 0.6) is 0 Å². The van der Waals surface area contributed by atoms with E-state index in [-0.39, 0.29) is 25.4 Å². The highest BCUT2D eigenvalue weighted by Gasteiger charge is 2.20. The van der Waals surface area contributed by atoms with Gasteiger partial charge in [0.25, 0.3) is 0 Å². The molecule has 0 aliphatic rings. The normalized spacial score (nSPS) is 11.5. The third-order valence-electron chi connectivity index (χ3n) is 4.02. The maximum Gasteiger partial charge on any atom is 0.223 e. The first-order valence-corrected chi connectivity index (χ1v) is 10.2. The van der Waals surface area contributed by atoms with Gasteiger partial charge in [0.15, 0.2) is 0 Å². The van der Waals surface area contributed by atoms with Crippen molar-refractivity contribution in [3.8, 4) is 0 Å². The van der Waals surface area contributed by atoms with Crippen LogP contribution in [0.4, 0.5) is 0 Å². The van der Waals surface area contributed by atoms with Gasteiger partial charge in [0.1, 0.15) is 0 Å². The number of likely N-dealkylation sites (N-methyl/N-ethyl adjacent to an activating group) is 1. The van der Waals surface area contributed by atoms with Crippen LogP contribution >= 0.6 is 0 Å². The van der Waals surface area contributed by atoms with Crippen molar-refractivity contribution >= 4 is 15.9 Å². The van der Waals surface area contributed by atoms with Crippen LogP contribution in [0.25, 0.3) is 0 Å². The quantitative estimate of drug-likeness (QED) is 0.659. The molecule has 1 amide bonds. The van der Waals surface area contributed by atoms with Crippen molar-refractivity contribution in [1.82, 2.24) is 19.2 Å². The zero-order chi connectivity index (χ0) is 19.0. The average Bonchev–Trinajstić information content (AvgIpc) is 2.63. The molecular formula is C18H24N4O3S. The fraction of sp³-hybridized carbons (Fsp3) is 0.389. The maximum atomic E-state index is 12.3. The Morgan fingerprint density at radius 2 is 1.81 bits per heavy atom. The minimum absolute atomic E-state index is 0.0891. The summed E-state index contributed by atoms with van der Waals surface area (Å²) in [6.45, 7) is 0.865. The van der Waals surface area contributed by atoms with E-state index >= 15 is 0 Å². The number of hydrogen-bond donors (Lipinski definition) is 0. The van der Waals surface area contributed by atoms with Gasteiger partial charge in [-0.1, -0.05) is 6.07 Å². The lowest BCUT2D eigenvalue weighted by Gasteiger charge is -2.22. The maximum absolute atomic E-state index is 12.3. The summed E-state index contributed by atoms with van der Waals surface area (Å²) in [6.07, 6.45) is 7.07. The van der Waals surface area contributed by atoms with Gasteiger partial charge in [-0.05, 0) is 36.2 Å². The highest BCUT2D eigenvalue weighted by molar-refractivity contribution is 7.88. The number of carbonyl (C=O) groups excluding carboxylic acids is 1. The van der Waals surface area contributed by atoms with Crippen LogP contribution in [0.2, 0.25) is 0 Å². The Kier molecular flexibility index (Phi) is 7.23. The molecule has 7 nitrogen and oxygen atoms in total. The predicted octanol–water partition coefficient (Wildman–Crippen LogP) is 1.33. The third kappa shape index (κ3) is 6.53. The van der Waals surface area contributed by atoms with E-state index in [1.54, 1.807) is 48.7 Å². The Morgan fingerprint density at radius 1 is 1.08 bits per heavy atom. The number of aromatic nitrogens is 2. The third-order valence-corrected chi connectivity index (χ3v) is 5.27.